The third kappa shape index (κ3) is 3.34. The van der Waals surface area contributed by atoms with E-state index in [2.05, 4.69) is 0 Å². The molecule has 5 N–H and O–H groups in total. The fourth-order valence-corrected chi connectivity index (χ4v) is 3.15. The normalized spacial score (nSPS) is 16.2. The van der Waals surface area contributed by atoms with E-state index >= 15 is 0 Å². The minimum absolute atomic E-state index is 0.158. The van der Waals surface area contributed by atoms with Gasteiger partial charge in [0.1, 0.15) is 16.7 Å². The average molecular weight is 438 g/mol. The van der Waals surface area contributed by atoms with Gasteiger partial charge in [-0.15, -0.1) is 0 Å². The fraction of sp³-hybridized carbons (Fsp3) is 0.0455. The minimum atomic E-state index is -2.11. The highest BCUT2D eigenvalue weighted by Crippen LogP contribution is 2.42. The highest BCUT2D eigenvalue weighted by molar-refractivity contribution is 6.07. The van der Waals surface area contributed by atoms with Crippen molar-refractivity contribution < 1.29 is 44.3 Å². The van der Waals surface area contributed by atoms with Crippen LogP contribution in [0, 0.1) is 0 Å². The van der Waals surface area contributed by atoms with Crippen LogP contribution in [0.3, 0.4) is 0 Å². The average Bonchev–Trinajstić information content (AvgIpc) is 2.77. The number of carbonyl (C=O) groups excluding carboxylic acids is 1. The molecule has 1 unspecified atom stereocenters. The third-order valence-electron chi connectivity index (χ3n) is 4.75. The van der Waals surface area contributed by atoms with E-state index < -0.39 is 57.6 Å². The van der Waals surface area contributed by atoms with Crippen LogP contribution in [0.4, 0.5) is 0 Å². The van der Waals surface area contributed by atoms with E-state index in [4.69, 9.17) is 14.3 Å². The molecule has 1 aliphatic rings. The first-order valence-corrected chi connectivity index (χ1v) is 9.05. The van der Waals surface area contributed by atoms with Gasteiger partial charge in [-0.25, -0.2) is 4.79 Å². The molecule has 10 nitrogen and oxygen atoms in total. The number of hydrogen-bond acceptors (Lipinski definition) is 9. The lowest BCUT2D eigenvalue weighted by atomic mass is 9.98. The Balaban J connectivity index is 1.87. The Labute approximate surface area is 178 Å². The molecule has 1 aromatic heterocycles. The van der Waals surface area contributed by atoms with E-state index in [9.17, 15) is 34.8 Å². The maximum atomic E-state index is 12.5. The number of ketones is 1. The van der Waals surface area contributed by atoms with Crippen molar-refractivity contribution in [2.75, 3.05) is 0 Å². The number of Topliss-reactive ketones (excluding diaryl/α,β-unsaturated/α-hetero) is 1. The van der Waals surface area contributed by atoms with E-state index in [0.717, 1.165) is 12.1 Å². The van der Waals surface area contributed by atoms with Crippen LogP contribution in [0.2, 0.25) is 0 Å². The van der Waals surface area contributed by atoms with Crippen molar-refractivity contribution in [2.24, 2.45) is 0 Å². The summed E-state index contributed by atoms with van der Waals surface area (Å²) < 4.78 is 10.9. The summed E-state index contributed by atoms with van der Waals surface area (Å²) in [6.45, 7) is 0. The summed E-state index contributed by atoms with van der Waals surface area (Å²) in [7, 11) is 0. The Morgan fingerprint density at radius 3 is 2.34 bits per heavy atom. The van der Waals surface area contributed by atoms with Gasteiger partial charge in [0.25, 0.3) is 0 Å². The number of ether oxygens (including phenoxy) is 1. The highest BCUT2D eigenvalue weighted by atomic mass is 16.5. The fourth-order valence-electron chi connectivity index (χ4n) is 3.15. The molecule has 3 aromatic rings. The first kappa shape index (κ1) is 20.7. The molecule has 0 bridgehead atoms. The van der Waals surface area contributed by atoms with Crippen LogP contribution in [0.25, 0.3) is 22.3 Å². The number of phenols is 2. The van der Waals surface area contributed by atoms with Crippen molar-refractivity contribution in [3.8, 4) is 28.6 Å². The highest BCUT2D eigenvalue weighted by Gasteiger charge is 2.35. The van der Waals surface area contributed by atoms with Crippen LogP contribution < -0.4 is 10.2 Å². The molecule has 1 heterocycles. The van der Waals surface area contributed by atoms with E-state index in [1.54, 1.807) is 30.3 Å². The molecule has 1 atom stereocenters. The maximum absolute atomic E-state index is 12.5. The van der Waals surface area contributed by atoms with E-state index in [1.807, 2.05) is 0 Å². The van der Waals surface area contributed by atoms with E-state index in [0.29, 0.717) is 11.6 Å². The lowest BCUT2D eigenvalue weighted by molar-refractivity contribution is -0.136. The van der Waals surface area contributed by atoms with Gasteiger partial charge in [-0.1, -0.05) is 30.3 Å². The Morgan fingerprint density at radius 1 is 1.00 bits per heavy atom. The lowest BCUT2D eigenvalue weighted by Gasteiger charge is -2.19. The summed E-state index contributed by atoms with van der Waals surface area (Å²) in [4.78, 5) is 35.7. The van der Waals surface area contributed by atoms with Gasteiger partial charge in [0, 0.05) is 17.7 Å². The Hall–Kier alpha value is -4.57. The van der Waals surface area contributed by atoms with Crippen molar-refractivity contribution in [3.63, 3.8) is 0 Å². The number of fused-ring (bicyclic) bond motifs is 1. The lowest BCUT2D eigenvalue weighted by Crippen LogP contribution is -2.32. The number of carbonyl (C=O) groups is 2. The van der Waals surface area contributed by atoms with Crippen LogP contribution in [-0.4, -0.2) is 43.4 Å². The van der Waals surface area contributed by atoms with Crippen molar-refractivity contribution in [1.82, 2.24) is 0 Å². The number of hydrogen-bond donors (Lipinski definition) is 5. The van der Waals surface area contributed by atoms with Gasteiger partial charge < -0.3 is 34.7 Å². The van der Waals surface area contributed by atoms with Gasteiger partial charge in [-0.3, -0.25) is 9.59 Å². The summed E-state index contributed by atoms with van der Waals surface area (Å²) in [5, 5.41) is 49.0. The van der Waals surface area contributed by atoms with Crippen LogP contribution >= 0.6 is 0 Å². The van der Waals surface area contributed by atoms with Crippen LogP contribution in [0.15, 0.2) is 74.8 Å². The first-order valence-electron chi connectivity index (χ1n) is 9.05. The zero-order chi connectivity index (χ0) is 23.2. The van der Waals surface area contributed by atoms with Gasteiger partial charge in [-0.2, -0.15) is 0 Å². The SMILES string of the molecule is O=C(O)C1=CC(Oc2cc3oc(-c4ccccc4)cc(=O)c3c(O)c2O)=C(O)C(=O)C1O. The van der Waals surface area contributed by atoms with Crippen LogP contribution in [-0.2, 0) is 9.59 Å². The summed E-state index contributed by atoms with van der Waals surface area (Å²) in [5.74, 6) is -6.95. The van der Waals surface area contributed by atoms with E-state index in [1.165, 1.54) is 0 Å². The van der Waals surface area contributed by atoms with Gasteiger partial charge in [0.2, 0.25) is 17.3 Å². The monoisotopic (exact) mass is 438 g/mol. The molecule has 1 aliphatic carbocycles. The molecule has 0 saturated heterocycles. The summed E-state index contributed by atoms with van der Waals surface area (Å²) in [6, 6.07) is 10.7. The molecule has 0 aliphatic heterocycles. The number of aliphatic hydroxyl groups excluding tert-OH is 2. The molecule has 0 amide bonds. The number of phenolic OH excluding ortho intramolecular Hbond substituents is 2. The topological polar surface area (TPSA) is 175 Å². The van der Waals surface area contributed by atoms with Gasteiger partial charge in [-0.05, 0) is 6.08 Å². The molecular formula is C22H14O10. The van der Waals surface area contributed by atoms with Crippen LogP contribution in [0.5, 0.6) is 17.2 Å². The summed E-state index contributed by atoms with van der Waals surface area (Å²) in [6.07, 6.45) is -1.41. The Bertz CT molecular complexity index is 1400. The number of rotatable bonds is 4. The Kier molecular flexibility index (Phi) is 4.91. The molecule has 4 rings (SSSR count). The third-order valence-corrected chi connectivity index (χ3v) is 4.75. The van der Waals surface area contributed by atoms with Crippen molar-refractivity contribution in [2.45, 2.75) is 6.10 Å². The number of benzene rings is 2. The predicted octanol–water partition coefficient (Wildman–Crippen LogP) is 1.97. The number of carboxylic acid groups (broad SMARTS) is 1. The molecule has 0 spiro atoms. The smallest absolute Gasteiger partial charge is 0.334 e. The van der Waals surface area contributed by atoms with Gasteiger partial charge in [0.05, 0.1) is 5.57 Å². The van der Waals surface area contributed by atoms with Crippen molar-refractivity contribution in [3.05, 3.63) is 75.9 Å². The molecule has 2 aromatic carbocycles. The zero-order valence-corrected chi connectivity index (χ0v) is 16.0. The van der Waals surface area contributed by atoms with Gasteiger partial charge in [0.15, 0.2) is 28.8 Å². The number of allylic oxidation sites excluding steroid dienone is 1. The van der Waals surface area contributed by atoms with Gasteiger partial charge >= 0.3 is 5.97 Å². The minimum Gasteiger partial charge on any atom is -0.504 e. The molecule has 10 heteroatoms. The van der Waals surface area contributed by atoms with E-state index in [-0.39, 0.29) is 16.7 Å². The summed E-state index contributed by atoms with van der Waals surface area (Å²) >= 11 is 0. The van der Waals surface area contributed by atoms with Crippen LogP contribution in [0.1, 0.15) is 0 Å². The molecule has 32 heavy (non-hydrogen) atoms. The second-order valence-corrected chi connectivity index (χ2v) is 6.77. The molecule has 162 valence electrons. The first-order chi connectivity index (χ1) is 15.2. The number of carboxylic acids is 1. The number of aliphatic carboxylic acids is 1. The number of aromatic hydroxyl groups is 2. The zero-order valence-electron chi connectivity index (χ0n) is 16.0. The quantitative estimate of drug-likeness (QED) is 0.379. The van der Waals surface area contributed by atoms with Crippen molar-refractivity contribution >= 4 is 22.7 Å². The molecular weight excluding hydrogens is 424 g/mol. The summed E-state index contributed by atoms with van der Waals surface area (Å²) in [5.41, 5.74) is -1.06. The molecule has 0 radical (unpaired) electrons. The largest absolute Gasteiger partial charge is 0.504 e. The second kappa shape index (κ2) is 7.60. The molecule has 0 saturated carbocycles. The standard InChI is InChI=1S/C22H14O10/c23-11-7-12(9-4-2-1-3-5-9)31-13-8-15(18(25)20(27)16(11)13)32-14-6-10(22(29)30)17(24)21(28)19(14)26/h1-8,17,24-27H,(H,29,30). The Morgan fingerprint density at radius 2 is 1.69 bits per heavy atom. The van der Waals surface area contributed by atoms with Crippen molar-refractivity contribution in [1.29, 1.82) is 0 Å². The second-order valence-electron chi connectivity index (χ2n) is 6.77. The predicted molar refractivity (Wildman–Crippen MR) is 108 cm³/mol. The molecule has 0 fully saturated rings. The maximum Gasteiger partial charge on any atom is 0.334 e. The number of aliphatic hydroxyl groups is 2.